The summed E-state index contributed by atoms with van der Waals surface area (Å²) < 4.78 is 5.59. The third-order valence-corrected chi connectivity index (χ3v) is 4.37. The van der Waals surface area contributed by atoms with Gasteiger partial charge >= 0.3 is 0 Å². The second-order valence-corrected chi connectivity index (χ2v) is 5.99. The summed E-state index contributed by atoms with van der Waals surface area (Å²) in [6.07, 6.45) is 2.51. The van der Waals surface area contributed by atoms with Gasteiger partial charge in [0.15, 0.2) is 0 Å². The Morgan fingerprint density at radius 2 is 2.38 bits per heavy atom. The zero-order valence-electron chi connectivity index (χ0n) is 12.3. The zero-order chi connectivity index (χ0) is 15.1. The summed E-state index contributed by atoms with van der Waals surface area (Å²) in [7, 11) is 0. The van der Waals surface area contributed by atoms with Gasteiger partial charge in [0.05, 0.1) is 11.0 Å². The normalized spacial score (nSPS) is 18.5. The van der Waals surface area contributed by atoms with Gasteiger partial charge in [-0.2, -0.15) is 0 Å². The van der Waals surface area contributed by atoms with Crippen molar-refractivity contribution in [2.24, 2.45) is 0 Å². The van der Waals surface area contributed by atoms with Gasteiger partial charge in [-0.15, -0.1) is 11.3 Å². The smallest absolute Gasteiger partial charge is 0.261 e. The molecule has 0 saturated carbocycles. The molecule has 5 nitrogen and oxygen atoms in total. The van der Waals surface area contributed by atoms with Crippen molar-refractivity contribution in [3.8, 4) is 0 Å². The minimum absolute atomic E-state index is 0.0888. The largest absolute Gasteiger partial charge is 0.377 e. The van der Waals surface area contributed by atoms with E-state index in [0.29, 0.717) is 31.0 Å². The van der Waals surface area contributed by atoms with E-state index in [2.05, 4.69) is 5.32 Å². The monoisotopic (exact) mass is 310 g/mol. The van der Waals surface area contributed by atoms with Gasteiger partial charge in [0, 0.05) is 32.7 Å². The second kappa shape index (κ2) is 8.14. The van der Waals surface area contributed by atoms with Gasteiger partial charge in [0.25, 0.3) is 5.91 Å². The molecule has 1 unspecified atom stereocenters. The number of rotatable bonds is 6. The Labute approximate surface area is 129 Å². The Morgan fingerprint density at radius 1 is 1.52 bits per heavy atom. The number of hydrogen-bond donors (Lipinski definition) is 1. The first-order valence-corrected chi connectivity index (χ1v) is 8.29. The van der Waals surface area contributed by atoms with Gasteiger partial charge in [-0.25, -0.2) is 0 Å². The van der Waals surface area contributed by atoms with Crippen LogP contribution in [0.2, 0.25) is 0 Å². The molecule has 1 aromatic heterocycles. The summed E-state index contributed by atoms with van der Waals surface area (Å²) in [6.45, 7) is 4.50. The molecule has 2 amide bonds. The van der Waals surface area contributed by atoms with Crippen molar-refractivity contribution < 1.29 is 14.3 Å². The molecule has 21 heavy (non-hydrogen) atoms. The highest BCUT2D eigenvalue weighted by Crippen LogP contribution is 2.14. The van der Waals surface area contributed by atoms with Gasteiger partial charge in [0.2, 0.25) is 5.91 Å². The molecule has 1 aliphatic heterocycles. The van der Waals surface area contributed by atoms with Crippen molar-refractivity contribution in [3.05, 3.63) is 22.4 Å². The molecule has 0 aliphatic carbocycles. The number of carbonyl (C=O) groups excluding carboxylic acids is 2. The highest BCUT2D eigenvalue weighted by atomic mass is 32.1. The van der Waals surface area contributed by atoms with Crippen molar-refractivity contribution in [2.45, 2.75) is 32.3 Å². The molecule has 1 aliphatic rings. The maximum Gasteiger partial charge on any atom is 0.261 e. The van der Waals surface area contributed by atoms with E-state index in [1.807, 2.05) is 23.3 Å². The fraction of sp³-hybridized carbons (Fsp3) is 0.600. The molecule has 2 heterocycles. The van der Waals surface area contributed by atoms with Gasteiger partial charge in [0.1, 0.15) is 0 Å². The molecule has 1 atom stereocenters. The van der Waals surface area contributed by atoms with Crippen LogP contribution in [0.5, 0.6) is 0 Å². The lowest BCUT2D eigenvalue weighted by atomic mass is 10.1. The van der Waals surface area contributed by atoms with E-state index in [9.17, 15) is 9.59 Å². The first-order chi connectivity index (χ1) is 10.2. The van der Waals surface area contributed by atoms with Crippen molar-refractivity contribution in [2.75, 3.05) is 26.2 Å². The molecule has 6 heteroatoms. The summed E-state index contributed by atoms with van der Waals surface area (Å²) in [5.74, 6) is -0.0190. The lowest BCUT2D eigenvalue weighted by Crippen LogP contribution is -2.44. The van der Waals surface area contributed by atoms with Crippen LogP contribution in [0.1, 0.15) is 35.9 Å². The number of thiophene rings is 1. The fourth-order valence-corrected chi connectivity index (χ4v) is 3.11. The molecule has 0 radical (unpaired) electrons. The molecule has 2 rings (SSSR count). The minimum Gasteiger partial charge on any atom is -0.377 e. The predicted molar refractivity (Wildman–Crippen MR) is 82.5 cm³/mol. The average Bonchev–Trinajstić information content (AvgIpc) is 3.02. The zero-order valence-corrected chi connectivity index (χ0v) is 13.2. The average molecular weight is 310 g/mol. The van der Waals surface area contributed by atoms with E-state index in [1.54, 1.807) is 6.07 Å². The predicted octanol–water partition coefficient (Wildman–Crippen LogP) is 1.90. The molecular weight excluding hydrogens is 288 g/mol. The van der Waals surface area contributed by atoms with Crippen molar-refractivity contribution in [3.63, 3.8) is 0 Å². The van der Waals surface area contributed by atoms with E-state index in [-0.39, 0.29) is 17.9 Å². The molecule has 116 valence electrons. The number of carbonyl (C=O) groups is 2. The van der Waals surface area contributed by atoms with Crippen LogP contribution in [0, 0.1) is 0 Å². The van der Waals surface area contributed by atoms with Crippen molar-refractivity contribution in [1.29, 1.82) is 0 Å². The summed E-state index contributed by atoms with van der Waals surface area (Å²) in [5.41, 5.74) is 0. The lowest BCUT2D eigenvalue weighted by molar-refractivity contribution is -0.135. The van der Waals surface area contributed by atoms with Crippen LogP contribution in [0.3, 0.4) is 0 Å². The van der Waals surface area contributed by atoms with E-state index in [0.717, 1.165) is 19.4 Å². The number of ether oxygens (including phenoxy) is 1. The molecule has 1 N–H and O–H groups in total. The number of hydrogen-bond acceptors (Lipinski definition) is 4. The maximum atomic E-state index is 12.1. The van der Waals surface area contributed by atoms with Crippen LogP contribution >= 0.6 is 11.3 Å². The van der Waals surface area contributed by atoms with E-state index < -0.39 is 0 Å². The van der Waals surface area contributed by atoms with Gasteiger partial charge < -0.3 is 15.0 Å². The summed E-state index contributed by atoms with van der Waals surface area (Å²) in [6, 6.07) is 3.62. The Hall–Kier alpha value is -1.40. The molecule has 1 fully saturated rings. The minimum atomic E-state index is -0.108. The third kappa shape index (κ3) is 4.82. The maximum absolute atomic E-state index is 12.1. The highest BCUT2D eigenvalue weighted by Gasteiger charge is 2.23. The van der Waals surface area contributed by atoms with Crippen LogP contribution < -0.4 is 5.32 Å². The summed E-state index contributed by atoms with van der Waals surface area (Å²) in [5, 5.41) is 4.65. The molecule has 1 saturated heterocycles. The number of piperidine rings is 1. The molecule has 0 bridgehead atoms. The van der Waals surface area contributed by atoms with E-state index in [4.69, 9.17) is 4.74 Å². The quantitative estimate of drug-likeness (QED) is 0.873. The molecule has 0 spiro atoms. The summed E-state index contributed by atoms with van der Waals surface area (Å²) in [4.78, 5) is 26.4. The third-order valence-electron chi connectivity index (χ3n) is 3.50. The molecular formula is C15H22N2O3S. The Bertz CT molecular complexity index is 459. The van der Waals surface area contributed by atoms with Crippen molar-refractivity contribution in [1.82, 2.24) is 10.2 Å². The SMILES string of the molecule is CCOC1CCCN(C(=O)CCNC(=O)c2cccs2)C1. The highest BCUT2D eigenvalue weighted by molar-refractivity contribution is 7.12. The fourth-order valence-electron chi connectivity index (χ4n) is 2.47. The number of nitrogens with one attached hydrogen (secondary N) is 1. The Kier molecular flexibility index (Phi) is 6.20. The lowest BCUT2D eigenvalue weighted by Gasteiger charge is -2.32. The summed E-state index contributed by atoms with van der Waals surface area (Å²) >= 11 is 1.40. The standard InChI is InChI=1S/C15H22N2O3S/c1-2-20-12-5-3-9-17(11-12)14(18)7-8-16-15(19)13-6-4-10-21-13/h4,6,10,12H,2-3,5,7-9,11H2,1H3,(H,16,19). The van der Waals surface area contributed by atoms with Crippen LogP contribution in [0.25, 0.3) is 0 Å². The number of likely N-dealkylation sites (tertiary alicyclic amines) is 1. The molecule has 0 aromatic carbocycles. The Morgan fingerprint density at radius 3 is 3.10 bits per heavy atom. The van der Waals surface area contributed by atoms with Crippen LogP contribution in [0.15, 0.2) is 17.5 Å². The molecule has 1 aromatic rings. The van der Waals surface area contributed by atoms with E-state index >= 15 is 0 Å². The second-order valence-electron chi connectivity index (χ2n) is 5.04. The first-order valence-electron chi connectivity index (χ1n) is 7.41. The number of nitrogens with zero attached hydrogens (tertiary/aromatic N) is 1. The van der Waals surface area contributed by atoms with Crippen molar-refractivity contribution >= 4 is 23.2 Å². The topological polar surface area (TPSA) is 58.6 Å². The van der Waals surface area contributed by atoms with Gasteiger partial charge in [-0.1, -0.05) is 6.07 Å². The number of amides is 2. The van der Waals surface area contributed by atoms with Gasteiger partial charge in [-0.05, 0) is 31.2 Å². The Balaban J connectivity index is 1.70. The van der Waals surface area contributed by atoms with Crippen LogP contribution in [-0.2, 0) is 9.53 Å². The van der Waals surface area contributed by atoms with E-state index in [1.165, 1.54) is 11.3 Å². The first kappa shape index (κ1) is 16.0. The van der Waals surface area contributed by atoms with Crippen LogP contribution in [0.4, 0.5) is 0 Å². The van der Waals surface area contributed by atoms with Crippen LogP contribution in [-0.4, -0.2) is 49.1 Å². The van der Waals surface area contributed by atoms with Gasteiger partial charge in [-0.3, -0.25) is 9.59 Å².